The van der Waals surface area contributed by atoms with Gasteiger partial charge >= 0.3 is 0 Å². The number of benzene rings is 2. The molecule has 0 unspecified atom stereocenters. The number of carbonyl (C=O) groups excluding carboxylic acids is 2. The second-order valence-corrected chi connectivity index (χ2v) is 5.05. The van der Waals surface area contributed by atoms with Crippen LogP contribution in [0.4, 0.5) is 0 Å². The molecule has 0 fully saturated rings. The van der Waals surface area contributed by atoms with E-state index in [1.54, 1.807) is 31.2 Å². The number of hydrogen-bond donors (Lipinski definition) is 0. The molecule has 2 aromatic rings. The molecule has 0 radical (unpaired) electrons. The fraction of sp³-hybridized carbons (Fsp3) is 0.111. The van der Waals surface area contributed by atoms with Crippen molar-refractivity contribution in [1.82, 2.24) is 4.90 Å². The van der Waals surface area contributed by atoms with Gasteiger partial charge in [-0.3, -0.25) is 9.59 Å². The summed E-state index contributed by atoms with van der Waals surface area (Å²) in [5.74, 6) is -0.615. The van der Waals surface area contributed by atoms with E-state index in [1.165, 1.54) is 6.26 Å². The maximum absolute atomic E-state index is 12.3. The molecule has 2 aromatic carbocycles. The van der Waals surface area contributed by atoms with Gasteiger partial charge in [-0.05, 0) is 24.6 Å². The SMILES string of the molecule is C/C(=C/OCc1ccccc1)N1C(=O)c2ccccc2C1=O. The smallest absolute Gasteiger partial charge is 0.265 e. The first kappa shape index (κ1) is 14.1. The van der Waals surface area contributed by atoms with E-state index < -0.39 is 0 Å². The Kier molecular flexibility index (Phi) is 3.74. The van der Waals surface area contributed by atoms with Crippen LogP contribution in [-0.4, -0.2) is 16.7 Å². The van der Waals surface area contributed by atoms with E-state index in [2.05, 4.69) is 0 Å². The molecular weight excluding hydrogens is 278 g/mol. The molecule has 22 heavy (non-hydrogen) atoms. The molecule has 4 heteroatoms. The molecular formula is C18H15NO3. The standard InChI is InChI=1S/C18H15NO3/c1-13(11-22-12-14-7-3-2-4-8-14)19-17(20)15-9-5-6-10-16(15)18(19)21/h2-11H,12H2,1H3/b13-11-. The van der Waals surface area contributed by atoms with Crippen molar-refractivity contribution in [3.8, 4) is 0 Å². The molecule has 3 rings (SSSR count). The molecule has 0 saturated carbocycles. The van der Waals surface area contributed by atoms with Crippen molar-refractivity contribution < 1.29 is 14.3 Å². The minimum absolute atomic E-state index is 0.308. The van der Waals surface area contributed by atoms with Crippen LogP contribution >= 0.6 is 0 Å². The monoisotopic (exact) mass is 293 g/mol. The van der Waals surface area contributed by atoms with Gasteiger partial charge in [-0.1, -0.05) is 42.5 Å². The van der Waals surface area contributed by atoms with E-state index in [1.807, 2.05) is 30.3 Å². The Morgan fingerprint density at radius 1 is 0.955 bits per heavy atom. The van der Waals surface area contributed by atoms with Gasteiger partial charge in [0, 0.05) is 0 Å². The first-order valence-corrected chi connectivity index (χ1v) is 6.98. The molecule has 0 aromatic heterocycles. The third-order valence-corrected chi connectivity index (χ3v) is 3.49. The molecule has 0 N–H and O–H groups in total. The predicted octanol–water partition coefficient (Wildman–Crippen LogP) is 3.36. The second kappa shape index (κ2) is 5.85. The van der Waals surface area contributed by atoms with Crippen molar-refractivity contribution in [3.63, 3.8) is 0 Å². The van der Waals surface area contributed by atoms with Crippen LogP contribution in [0.5, 0.6) is 0 Å². The number of fused-ring (bicyclic) bond motifs is 1. The van der Waals surface area contributed by atoms with Gasteiger partial charge in [-0.25, -0.2) is 4.90 Å². The molecule has 0 saturated heterocycles. The first-order chi connectivity index (χ1) is 10.7. The highest BCUT2D eigenvalue weighted by Crippen LogP contribution is 2.25. The van der Waals surface area contributed by atoms with Gasteiger partial charge in [0.05, 0.1) is 16.8 Å². The Bertz CT molecular complexity index is 715. The van der Waals surface area contributed by atoms with Crippen LogP contribution in [0, 0.1) is 0 Å². The van der Waals surface area contributed by atoms with Crippen molar-refractivity contribution in [2.75, 3.05) is 0 Å². The zero-order valence-corrected chi connectivity index (χ0v) is 12.2. The van der Waals surface area contributed by atoms with E-state index in [9.17, 15) is 9.59 Å². The highest BCUT2D eigenvalue weighted by molar-refractivity contribution is 6.22. The molecule has 1 heterocycles. The fourth-order valence-corrected chi connectivity index (χ4v) is 2.40. The molecule has 0 bridgehead atoms. The number of allylic oxidation sites excluding steroid dienone is 1. The van der Waals surface area contributed by atoms with Gasteiger partial charge in [0.15, 0.2) is 0 Å². The lowest BCUT2D eigenvalue weighted by Crippen LogP contribution is -2.27. The van der Waals surface area contributed by atoms with Crippen molar-refractivity contribution in [2.24, 2.45) is 0 Å². The summed E-state index contributed by atoms with van der Waals surface area (Å²) in [6, 6.07) is 16.5. The molecule has 0 aliphatic carbocycles. The third-order valence-electron chi connectivity index (χ3n) is 3.49. The lowest BCUT2D eigenvalue weighted by atomic mass is 10.1. The summed E-state index contributed by atoms with van der Waals surface area (Å²) in [7, 11) is 0. The summed E-state index contributed by atoms with van der Waals surface area (Å²) in [6.45, 7) is 2.08. The zero-order valence-electron chi connectivity index (χ0n) is 12.2. The molecule has 0 atom stereocenters. The van der Waals surface area contributed by atoms with Crippen molar-refractivity contribution in [2.45, 2.75) is 13.5 Å². The van der Waals surface area contributed by atoms with Crippen molar-refractivity contribution in [3.05, 3.63) is 83.2 Å². The van der Waals surface area contributed by atoms with Crippen LogP contribution < -0.4 is 0 Å². The quantitative estimate of drug-likeness (QED) is 0.641. The predicted molar refractivity (Wildman–Crippen MR) is 81.9 cm³/mol. The van der Waals surface area contributed by atoms with Crippen LogP contribution in [0.15, 0.2) is 66.6 Å². The van der Waals surface area contributed by atoms with Gasteiger partial charge in [0.25, 0.3) is 11.8 Å². The molecule has 2 amide bonds. The highest BCUT2D eigenvalue weighted by atomic mass is 16.5. The number of amides is 2. The summed E-state index contributed by atoms with van der Waals surface area (Å²) >= 11 is 0. The topological polar surface area (TPSA) is 46.6 Å². The number of imide groups is 1. The van der Waals surface area contributed by atoms with Crippen LogP contribution in [0.3, 0.4) is 0 Å². The Balaban J connectivity index is 1.73. The normalized spacial score (nSPS) is 14.2. The van der Waals surface area contributed by atoms with Gasteiger partial charge in [-0.2, -0.15) is 0 Å². The lowest BCUT2D eigenvalue weighted by molar-refractivity contribution is 0.0696. The largest absolute Gasteiger partial charge is 0.495 e. The maximum atomic E-state index is 12.3. The highest BCUT2D eigenvalue weighted by Gasteiger charge is 2.36. The van der Waals surface area contributed by atoms with E-state index in [0.29, 0.717) is 23.4 Å². The number of rotatable bonds is 4. The van der Waals surface area contributed by atoms with Crippen molar-refractivity contribution in [1.29, 1.82) is 0 Å². The van der Waals surface area contributed by atoms with Gasteiger partial charge in [0.1, 0.15) is 12.9 Å². The number of ether oxygens (including phenoxy) is 1. The minimum Gasteiger partial charge on any atom is -0.495 e. The van der Waals surface area contributed by atoms with E-state index in [4.69, 9.17) is 4.74 Å². The van der Waals surface area contributed by atoms with E-state index in [0.717, 1.165) is 10.5 Å². The molecule has 0 spiro atoms. The molecule has 4 nitrogen and oxygen atoms in total. The van der Waals surface area contributed by atoms with E-state index in [-0.39, 0.29) is 11.8 Å². The van der Waals surface area contributed by atoms with Gasteiger partial charge in [-0.15, -0.1) is 0 Å². The van der Waals surface area contributed by atoms with Crippen LogP contribution in [-0.2, 0) is 11.3 Å². The number of nitrogens with zero attached hydrogens (tertiary/aromatic N) is 1. The Morgan fingerprint density at radius 3 is 2.09 bits per heavy atom. The summed E-state index contributed by atoms with van der Waals surface area (Å²) in [4.78, 5) is 25.7. The summed E-state index contributed by atoms with van der Waals surface area (Å²) in [6.07, 6.45) is 1.45. The summed E-state index contributed by atoms with van der Waals surface area (Å²) in [5.41, 5.74) is 2.36. The van der Waals surface area contributed by atoms with Crippen LogP contribution in [0.25, 0.3) is 0 Å². The maximum Gasteiger partial charge on any atom is 0.265 e. The third kappa shape index (κ3) is 2.51. The van der Waals surface area contributed by atoms with Gasteiger partial charge in [0.2, 0.25) is 0 Å². The molecule has 1 aliphatic rings. The fourth-order valence-electron chi connectivity index (χ4n) is 2.40. The summed E-state index contributed by atoms with van der Waals surface area (Å²) in [5, 5.41) is 0. The van der Waals surface area contributed by atoms with Crippen LogP contribution in [0.2, 0.25) is 0 Å². The lowest BCUT2D eigenvalue weighted by Gasteiger charge is -2.14. The Labute approximate surface area is 128 Å². The number of carbonyl (C=O) groups is 2. The first-order valence-electron chi connectivity index (χ1n) is 6.98. The molecule has 110 valence electrons. The van der Waals surface area contributed by atoms with Crippen molar-refractivity contribution >= 4 is 11.8 Å². The zero-order chi connectivity index (χ0) is 15.5. The second-order valence-electron chi connectivity index (χ2n) is 5.05. The molecule has 1 aliphatic heterocycles. The Morgan fingerprint density at radius 2 is 1.50 bits per heavy atom. The van der Waals surface area contributed by atoms with Gasteiger partial charge < -0.3 is 4.74 Å². The summed E-state index contributed by atoms with van der Waals surface area (Å²) < 4.78 is 5.48. The average molecular weight is 293 g/mol. The van der Waals surface area contributed by atoms with E-state index >= 15 is 0 Å². The Hall–Kier alpha value is -2.88. The van der Waals surface area contributed by atoms with Crippen LogP contribution in [0.1, 0.15) is 33.2 Å². The average Bonchev–Trinajstić information content (AvgIpc) is 2.80. The number of hydrogen-bond acceptors (Lipinski definition) is 3. The minimum atomic E-state index is -0.308.